The van der Waals surface area contributed by atoms with Gasteiger partial charge in [0.05, 0.1) is 5.56 Å². The first-order valence-corrected chi connectivity index (χ1v) is 13.1. The number of nitrogens with zero attached hydrogens (tertiary/aromatic N) is 4. The Kier molecular flexibility index (Phi) is 6.48. The molecule has 0 saturated heterocycles. The predicted molar refractivity (Wildman–Crippen MR) is 149 cm³/mol. The smallest absolute Gasteiger partial charge is 0.188 e. The van der Waals surface area contributed by atoms with Crippen LogP contribution in [-0.2, 0) is 12.6 Å². The van der Waals surface area contributed by atoms with Crippen molar-refractivity contribution in [2.24, 2.45) is 7.05 Å². The van der Waals surface area contributed by atoms with Gasteiger partial charge in [0.1, 0.15) is 11.4 Å². The second-order valence-electron chi connectivity index (χ2n) is 9.28. The number of ether oxygens (including phenoxy) is 1. The lowest BCUT2D eigenvalue weighted by atomic mass is 9.77. The van der Waals surface area contributed by atoms with Gasteiger partial charge in [0.15, 0.2) is 5.60 Å². The molecule has 1 aliphatic rings. The van der Waals surface area contributed by atoms with Crippen molar-refractivity contribution in [2.75, 3.05) is 36.0 Å². The van der Waals surface area contributed by atoms with Gasteiger partial charge in [-0.1, -0.05) is 36.4 Å². The molecule has 1 aromatic heterocycles. The second-order valence-corrected chi connectivity index (χ2v) is 9.28. The van der Waals surface area contributed by atoms with Crippen LogP contribution in [0.4, 0.5) is 11.4 Å². The van der Waals surface area contributed by atoms with E-state index in [0.717, 1.165) is 59.9 Å². The Labute approximate surface area is 214 Å². The van der Waals surface area contributed by atoms with Crippen LogP contribution in [0.3, 0.4) is 0 Å². The summed E-state index contributed by atoms with van der Waals surface area (Å²) < 4.78 is 8.96. The number of hydrogen-bond acceptors (Lipinski definition) is 4. The van der Waals surface area contributed by atoms with Crippen molar-refractivity contribution in [3.8, 4) is 17.0 Å². The van der Waals surface area contributed by atoms with Crippen molar-refractivity contribution in [2.45, 2.75) is 33.3 Å². The number of anilines is 2. The first kappa shape index (κ1) is 24.0. The van der Waals surface area contributed by atoms with Gasteiger partial charge in [0.25, 0.3) is 0 Å². The van der Waals surface area contributed by atoms with Crippen LogP contribution in [-0.4, -0.2) is 36.0 Å². The molecule has 186 valence electrons. The standard InChI is InChI=1S/C31H36N4O/c1-6-34(7-2)25-18-14-23(15-19-25)31(24-16-20-26(21-17-24)35(8-3)9-4)28-22-33(5)32-30(28)27-12-10-11-13-29(27)36-31/h10-22H,6-9H2,1-5H3. The molecule has 36 heavy (non-hydrogen) atoms. The highest BCUT2D eigenvalue weighted by molar-refractivity contribution is 5.76. The minimum Gasteiger partial charge on any atom is -0.472 e. The largest absolute Gasteiger partial charge is 0.472 e. The molecular formula is C31H36N4O. The Morgan fingerprint density at radius 2 is 1.22 bits per heavy atom. The molecule has 2 heterocycles. The molecule has 0 saturated carbocycles. The fourth-order valence-corrected chi connectivity index (χ4v) is 5.50. The third kappa shape index (κ3) is 3.83. The monoisotopic (exact) mass is 480 g/mol. The lowest BCUT2D eigenvalue weighted by Gasteiger charge is -2.39. The van der Waals surface area contributed by atoms with Gasteiger partial charge in [-0.2, -0.15) is 5.10 Å². The van der Waals surface area contributed by atoms with Crippen molar-refractivity contribution < 1.29 is 4.74 Å². The number of hydrogen-bond donors (Lipinski definition) is 0. The molecule has 3 aromatic carbocycles. The first-order valence-electron chi connectivity index (χ1n) is 13.1. The van der Waals surface area contributed by atoms with E-state index in [-0.39, 0.29) is 0 Å². The van der Waals surface area contributed by atoms with Gasteiger partial charge in [-0.3, -0.25) is 4.68 Å². The SMILES string of the molecule is CCN(CC)c1ccc(C2(c3ccc(N(CC)CC)cc3)Oc3ccccc3-c3nn(C)cc32)cc1. The van der Waals surface area contributed by atoms with E-state index < -0.39 is 5.60 Å². The molecule has 0 bridgehead atoms. The van der Waals surface area contributed by atoms with Crippen LogP contribution in [0, 0.1) is 0 Å². The molecule has 0 radical (unpaired) electrons. The van der Waals surface area contributed by atoms with Gasteiger partial charge >= 0.3 is 0 Å². The molecule has 0 fully saturated rings. The molecule has 0 spiro atoms. The summed E-state index contributed by atoms with van der Waals surface area (Å²) in [6, 6.07) is 26.0. The van der Waals surface area contributed by atoms with Crippen LogP contribution >= 0.6 is 0 Å². The van der Waals surface area contributed by atoms with Gasteiger partial charge in [-0.25, -0.2) is 0 Å². The van der Waals surface area contributed by atoms with E-state index in [1.54, 1.807) is 0 Å². The average molecular weight is 481 g/mol. The topological polar surface area (TPSA) is 33.5 Å². The van der Waals surface area contributed by atoms with E-state index in [0.29, 0.717) is 0 Å². The number of rotatable bonds is 8. The van der Waals surface area contributed by atoms with Crippen molar-refractivity contribution in [1.29, 1.82) is 0 Å². The maximum Gasteiger partial charge on any atom is 0.188 e. The van der Waals surface area contributed by atoms with Gasteiger partial charge in [-0.05, 0) is 64.1 Å². The van der Waals surface area contributed by atoms with E-state index in [1.807, 2.05) is 23.9 Å². The number of aryl methyl sites for hydroxylation is 1. The lowest BCUT2D eigenvalue weighted by Crippen LogP contribution is -2.38. The first-order chi connectivity index (χ1) is 17.5. The maximum atomic E-state index is 7.06. The zero-order chi connectivity index (χ0) is 25.3. The third-order valence-corrected chi connectivity index (χ3v) is 7.42. The molecule has 0 unspecified atom stereocenters. The lowest BCUT2D eigenvalue weighted by molar-refractivity contribution is 0.152. The van der Waals surface area contributed by atoms with Crippen molar-refractivity contribution >= 4 is 11.4 Å². The van der Waals surface area contributed by atoms with Gasteiger partial charge < -0.3 is 14.5 Å². The summed E-state index contributed by atoms with van der Waals surface area (Å²) >= 11 is 0. The van der Waals surface area contributed by atoms with Crippen LogP contribution in [0.15, 0.2) is 79.0 Å². The summed E-state index contributed by atoms with van der Waals surface area (Å²) in [4.78, 5) is 4.73. The molecule has 5 rings (SSSR count). The zero-order valence-electron chi connectivity index (χ0n) is 22.0. The normalized spacial score (nSPS) is 13.5. The van der Waals surface area contributed by atoms with Crippen LogP contribution in [0.1, 0.15) is 44.4 Å². The van der Waals surface area contributed by atoms with Crippen molar-refractivity contribution in [3.05, 3.63) is 95.7 Å². The molecule has 5 nitrogen and oxygen atoms in total. The van der Waals surface area contributed by atoms with E-state index in [4.69, 9.17) is 9.84 Å². The highest BCUT2D eigenvalue weighted by Gasteiger charge is 2.46. The molecule has 4 aromatic rings. The minimum absolute atomic E-state index is 0.804. The number of fused-ring (bicyclic) bond motifs is 3. The number of benzene rings is 3. The Hall–Kier alpha value is -3.73. The van der Waals surface area contributed by atoms with E-state index >= 15 is 0 Å². The van der Waals surface area contributed by atoms with Crippen LogP contribution in [0.2, 0.25) is 0 Å². The van der Waals surface area contributed by atoms with Gasteiger partial charge in [0.2, 0.25) is 0 Å². The molecule has 0 atom stereocenters. The van der Waals surface area contributed by atoms with Crippen molar-refractivity contribution in [1.82, 2.24) is 9.78 Å². The summed E-state index contributed by atoms with van der Waals surface area (Å²) in [6.07, 6.45) is 2.11. The Morgan fingerprint density at radius 1 is 0.722 bits per heavy atom. The average Bonchev–Trinajstić information content (AvgIpc) is 3.32. The Morgan fingerprint density at radius 3 is 1.72 bits per heavy atom. The maximum absolute atomic E-state index is 7.06. The summed E-state index contributed by atoms with van der Waals surface area (Å²) in [6.45, 7) is 12.7. The Bertz CT molecular complexity index is 1260. The fraction of sp³-hybridized carbons (Fsp3) is 0.323. The zero-order valence-corrected chi connectivity index (χ0v) is 22.0. The van der Waals surface area contributed by atoms with Crippen molar-refractivity contribution in [3.63, 3.8) is 0 Å². The third-order valence-electron chi connectivity index (χ3n) is 7.42. The highest BCUT2D eigenvalue weighted by Crippen LogP contribution is 2.51. The quantitative estimate of drug-likeness (QED) is 0.290. The highest BCUT2D eigenvalue weighted by atomic mass is 16.5. The van der Waals surface area contributed by atoms with Gasteiger partial charge in [-0.15, -0.1) is 0 Å². The summed E-state index contributed by atoms with van der Waals surface area (Å²) in [5.74, 6) is 0.851. The molecule has 0 aliphatic carbocycles. The van der Waals surface area contributed by atoms with E-state index in [2.05, 4.69) is 104 Å². The van der Waals surface area contributed by atoms with E-state index in [9.17, 15) is 0 Å². The Balaban J connectivity index is 1.73. The second kappa shape index (κ2) is 9.73. The summed E-state index contributed by atoms with van der Waals surface area (Å²) in [7, 11) is 1.98. The minimum atomic E-state index is -0.804. The summed E-state index contributed by atoms with van der Waals surface area (Å²) in [5.41, 5.74) is 6.90. The fourth-order valence-electron chi connectivity index (χ4n) is 5.50. The summed E-state index contributed by atoms with van der Waals surface area (Å²) in [5, 5.41) is 4.90. The predicted octanol–water partition coefficient (Wildman–Crippen LogP) is 6.46. The molecule has 0 amide bonds. The number of aromatic nitrogens is 2. The van der Waals surface area contributed by atoms with Crippen LogP contribution < -0.4 is 14.5 Å². The van der Waals surface area contributed by atoms with Crippen LogP contribution in [0.25, 0.3) is 11.3 Å². The van der Waals surface area contributed by atoms with Crippen LogP contribution in [0.5, 0.6) is 5.75 Å². The van der Waals surface area contributed by atoms with E-state index in [1.165, 1.54) is 11.4 Å². The molecule has 1 aliphatic heterocycles. The molecule has 0 N–H and O–H groups in total. The number of para-hydroxylation sites is 1. The molecular weight excluding hydrogens is 444 g/mol. The van der Waals surface area contributed by atoms with Gasteiger partial charge in [0, 0.05) is 67.5 Å². The molecule has 5 heteroatoms.